The summed E-state index contributed by atoms with van der Waals surface area (Å²) in [5.74, 6) is -1.23. The van der Waals surface area contributed by atoms with Crippen molar-refractivity contribution >= 4 is 16.6 Å². The number of ether oxygens (including phenoxy) is 1. The number of rotatable bonds is 2. The van der Waals surface area contributed by atoms with Gasteiger partial charge < -0.3 is 10.5 Å². The Morgan fingerprint density at radius 1 is 1.05 bits per heavy atom. The van der Waals surface area contributed by atoms with Crippen molar-refractivity contribution in [2.24, 2.45) is 0 Å². The van der Waals surface area contributed by atoms with E-state index in [1.807, 2.05) is 6.07 Å². The highest BCUT2D eigenvalue weighted by Crippen LogP contribution is 2.35. The Balaban J connectivity index is 2.12. The van der Waals surface area contributed by atoms with Crippen LogP contribution in [0.1, 0.15) is 0 Å². The molecule has 0 aliphatic carbocycles. The van der Waals surface area contributed by atoms with Crippen LogP contribution in [0.2, 0.25) is 0 Å². The third-order valence-corrected chi connectivity index (χ3v) is 2.86. The summed E-state index contributed by atoms with van der Waals surface area (Å²) in [6, 6.07) is 10.3. The van der Waals surface area contributed by atoms with E-state index in [4.69, 9.17) is 10.5 Å². The number of halogens is 2. The van der Waals surface area contributed by atoms with Crippen LogP contribution in [0.25, 0.3) is 10.9 Å². The highest BCUT2D eigenvalue weighted by atomic mass is 19.1. The SMILES string of the molecule is Nc1cnc2ccccc2c1Oc1ccc(F)cc1F. The Labute approximate surface area is 113 Å². The maximum atomic E-state index is 13.6. The topological polar surface area (TPSA) is 48.1 Å². The van der Waals surface area contributed by atoms with Crippen LogP contribution in [-0.2, 0) is 0 Å². The molecule has 0 saturated carbocycles. The van der Waals surface area contributed by atoms with Crippen LogP contribution in [0.4, 0.5) is 14.5 Å². The van der Waals surface area contributed by atoms with E-state index in [1.165, 1.54) is 12.3 Å². The van der Waals surface area contributed by atoms with Gasteiger partial charge in [0.05, 0.1) is 17.4 Å². The smallest absolute Gasteiger partial charge is 0.168 e. The summed E-state index contributed by atoms with van der Waals surface area (Å²) < 4.78 is 32.0. The summed E-state index contributed by atoms with van der Waals surface area (Å²) in [5.41, 5.74) is 6.79. The predicted molar refractivity (Wildman–Crippen MR) is 72.6 cm³/mol. The van der Waals surface area contributed by atoms with Crippen LogP contribution in [-0.4, -0.2) is 4.98 Å². The number of para-hydroxylation sites is 1. The second kappa shape index (κ2) is 4.77. The quantitative estimate of drug-likeness (QED) is 0.770. The van der Waals surface area contributed by atoms with Gasteiger partial charge in [-0.05, 0) is 24.3 Å². The lowest BCUT2D eigenvalue weighted by atomic mass is 10.2. The summed E-state index contributed by atoms with van der Waals surface area (Å²) in [4.78, 5) is 4.16. The molecular weight excluding hydrogens is 262 g/mol. The molecule has 1 aromatic heterocycles. The first-order valence-corrected chi connectivity index (χ1v) is 5.91. The number of anilines is 1. The molecule has 2 N–H and O–H groups in total. The Morgan fingerprint density at radius 3 is 2.65 bits per heavy atom. The van der Waals surface area contributed by atoms with Gasteiger partial charge in [0.1, 0.15) is 5.82 Å². The minimum Gasteiger partial charge on any atom is -0.451 e. The molecule has 0 spiro atoms. The van der Waals surface area contributed by atoms with Gasteiger partial charge in [0.25, 0.3) is 0 Å². The molecule has 2 aromatic carbocycles. The summed E-state index contributed by atoms with van der Waals surface area (Å²) in [6.45, 7) is 0. The standard InChI is InChI=1S/C15H10F2N2O/c16-9-5-6-14(11(17)7-9)20-15-10-3-1-2-4-13(10)19-8-12(15)18/h1-8H,18H2. The van der Waals surface area contributed by atoms with Crippen LogP contribution < -0.4 is 10.5 Å². The van der Waals surface area contributed by atoms with Gasteiger partial charge in [0.15, 0.2) is 17.3 Å². The predicted octanol–water partition coefficient (Wildman–Crippen LogP) is 3.89. The van der Waals surface area contributed by atoms with Crippen LogP contribution in [0, 0.1) is 11.6 Å². The van der Waals surface area contributed by atoms with Crippen molar-refractivity contribution in [3.8, 4) is 11.5 Å². The van der Waals surface area contributed by atoms with Gasteiger partial charge in [-0.3, -0.25) is 4.98 Å². The van der Waals surface area contributed by atoms with E-state index >= 15 is 0 Å². The highest BCUT2D eigenvalue weighted by Gasteiger charge is 2.12. The zero-order chi connectivity index (χ0) is 14.1. The molecule has 0 fully saturated rings. The van der Waals surface area contributed by atoms with Gasteiger partial charge in [0.2, 0.25) is 0 Å². The number of hydrogen-bond acceptors (Lipinski definition) is 3. The summed E-state index contributed by atoms with van der Waals surface area (Å²) in [7, 11) is 0. The monoisotopic (exact) mass is 272 g/mol. The van der Waals surface area contributed by atoms with Crippen molar-refractivity contribution < 1.29 is 13.5 Å². The fraction of sp³-hybridized carbons (Fsp3) is 0. The lowest BCUT2D eigenvalue weighted by molar-refractivity contribution is 0.443. The number of aromatic nitrogens is 1. The maximum absolute atomic E-state index is 13.6. The van der Waals surface area contributed by atoms with Crippen LogP contribution >= 0.6 is 0 Å². The average molecular weight is 272 g/mol. The van der Waals surface area contributed by atoms with E-state index in [1.54, 1.807) is 18.2 Å². The Kier molecular flexibility index (Phi) is 2.95. The molecule has 0 aliphatic heterocycles. The fourth-order valence-corrected chi connectivity index (χ4v) is 1.91. The van der Waals surface area contributed by atoms with Gasteiger partial charge in [-0.15, -0.1) is 0 Å². The summed E-state index contributed by atoms with van der Waals surface area (Å²) >= 11 is 0. The molecule has 1 heterocycles. The summed E-state index contributed by atoms with van der Waals surface area (Å²) in [5, 5.41) is 0.663. The zero-order valence-electron chi connectivity index (χ0n) is 10.3. The van der Waals surface area contributed by atoms with E-state index in [9.17, 15) is 8.78 Å². The number of fused-ring (bicyclic) bond motifs is 1. The molecular formula is C15H10F2N2O. The van der Waals surface area contributed by atoms with Gasteiger partial charge in [0, 0.05) is 11.5 Å². The maximum Gasteiger partial charge on any atom is 0.168 e. The molecule has 3 rings (SSSR count). The minimum atomic E-state index is -0.787. The van der Waals surface area contributed by atoms with Crippen LogP contribution in [0.15, 0.2) is 48.7 Å². The number of nitrogens with two attached hydrogens (primary N) is 1. The molecule has 100 valence electrons. The molecule has 20 heavy (non-hydrogen) atoms. The number of nitrogen functional groups attached to an aromatic ring is 1. The summed E-state index contributed by atoms with van der Waals surface area (Å²) in [6.07, 6.45) is 1.44. The number of hydrogen-bond donors (Lipinski definition) is 1. The van der Waals surface area contributed by atoms with Crippen molar-refractivity contribution in [3.05, 3.63) is 60.3 Å². The second-order valence-corrected chi connectivity index (χ2v) is 4.24. The third-order valence-electron chi connectivity index (χ3n) is 2.86. The molecule has 0 saturated heterocycles. The molecule has 3 aromatic rings. The van der Waals surface area contributed by atoms with E-state index in [0.717, 1.165) is 12.1 Å². The average Bonchev–Trinajstić information content (AvgIpc) is 2.44. The minimum absolute atomic E-state index is 0.0885. The van der Waals surface area contributed by atoms with Crippen molar-refractivity contribution in [1.82, 2.24) is 4.98 Å². The van der Waals surface area contributed by atoms with Crippen molar-refractivity contribution in [2.45, 2.75) is 0 Å². The van der Waals surface area contributed by atoms with E-state index < -0.39 is 11.6 Å². The lowest BCUT2D eigenvalue weighted by Crippen LogP contribution is -1.96. The molecule has 0 bridgehead atoms. The van der Waals surface area contributed by atoms with Gasteiger partial charge in [-0.25, -0.2) is 8.78 Å². The van der Waals surface area contributed by atoms with Crippen molar-refractivity contribution in [3.63, 3.8) is 0 Å². The molecule has 5 heteroatoms. The number of benzene rings is 2. The highest BCUT2D eigenvalue weighted by molar-refractivity contribution is 5.89. The largest absolute Gasteiger partial charge is 0.451 e. The van der Waals surface area contributed by atoms with Gasteiger partial charge in [-0.1, -0.05) is 12.1 Å². The molecule has 3 nitrogen and oxygen atoms in total. The third kappa shape index (κ3) is 2.14. The first-order chi connectivity index (χ1) is 9.65. The van der Waals surface area contributed by atoms with Gasteiger partial charge in [-0.2, -0.15) is 0 Å². The van der Waals surface area contributed by atoms with E-state index in [-0.39, 0.29) is 11.4 Å². The van der Waals surface area contributed by atoms with Crippen LogP contribution in [0.3, 0.4) is 0 Å². The zero-order valence-corrected chi connectivity index (χ0v) is 10.3. The van der Waals surface area contributed by atoms with E-state index in [0.29, 0.717) is 16.7 Å². The van der Waals surface area contributed by atoms with Crippen molar-refractivity contribution in [1.29, 1.82) is 0 Å². The molecule has 0 atom stereocenters. The van der Waals surface area contributed by atoms with E-state index in [2.05, 4.69) is 4.98 Å². The Bertz CT molecular complexity index is 790. The number of pyridine rings is 1. The normalized spacial score (nSPS) is 10.7. The first kappa shape index (κ1) is 12.3. The van der Waals surface area contributed by atoms with Gasteiger partial charge >= 0.3 is 0 Å². The Morgan fingerprint density at radius 2 is 1.85 bits per heavy atom. The first-order valence-electron chi connectivity index (χ1n) is 5.91. The lowest BCUT2D eigenvalue weighted by Gasteiger charge is -2.11. The molecule has 0 amide bonds. The van der Waals surface area contributed by atoms with Crippen molar-refractivity contribution in [2.75, 3.05) is 5.73 Å². The fourth-order valence-electron chi connectivity index (χ4n) is 1.91. The van der Waals surface area contributed by atoms with Crippen LogP contribution in [0.5, 0.6) is 11.5 Å². The number of nitrogens with zero attached hydrogens (tertiary/aromatic N) is 1. The Hall–Kier alpha value is -2.69. The molecule has 0 unspecified atom stereocenters. The molecule has 0 aliphatic rings. The second-order valence-electron chi connectivity index (χ2n) is 4.24. The molecule has 0 radical (unpaired) electrons.